The summed E-state index contributed by atoms with van der Waals surface area (Å²) < 4.78 is 0. The van der Waals surface area contributed by atoms with Crippen LogP contribution >= 0.6 is 0 Å². The summed E-state index contributed by atoms with van der Waals surface area (Å²) in [4.78, 5) is 25.2. The Balaban J connectivity index is 1.98. The number of rotatable bonds is 6. The van der Waals surface area contributed by atoms with Crippen LogP contribution in [0.25, 0.3) is 0 Å². The Morgan fingerprint density at radius 2 is 2.05 bits per heavy atom. The molecule has 1 aromatic carbocycles. The number of hydrogen-bond acceptors (Lipinski definition) is 3. The molecule has 0 saturated carbocycles. The first-order valence-electron chi connectivity index (χ1n) is 7.45. The summed E-state index contributed by atoms with van der Waals surface area (Å²) in [6.45, 7) is 1.79. The van der Waals surface area contributed by atoms with Crippen LogP contribution in [0.3, 0.4) is 0 Å². The van der Waals surface area contributed by atoms with Crippen molar-refractivity contribution in [1.82, 2.24) is 4.90 Å². The van der Waals surface area contributed by atoms with Crippen LogP contribution in [0, 0.1) is 0 Å². The highest BCUT2D eigenvalue weighted by atomic mass is 16.4. The Morgan fingerprint density at radius 1 is 1.24 bits per heavy atom. The van der Waals surface area contributed by atoms with Gasteiger partial charge in [-0.1, -0.05) is 18.6 Å². The molecule has 0 saturated heterocycles. The lowest BCUT2D eigenvalue weighted by Gasteiger charge is -2.29. The molecular formula is C16H22N2O3. The zero-order chi connectivity index (χ0) is 15.2. The lowest BCUT2D eigenvalue weighted by Crippen LogP contribution is -2.36. The van der Waals surface area contributed by atoms with Gasteiger partial charge in [0.15, 0.2) is 0 Å². The van der Waals surface area contributed by atoms with Crippen molar-refractivity contribution in [2.75, 3.05) is 13.1 Å². The molecule has 0 spiro atoms. The van der Waals surface area contributed by atoms with Crippen molar-refractivity contribution in [3.05, 3.63) is 34.9 Å². The van der Waals surface area contributed by atoms with E-state index in [1.807, 2.05) is 11.0 Å². The van der Waals surface area contributed by atoms with Crippen molar-refractivity contribution in [2.24, 2.45) is 5.73 Å². The van der Waals surface area contributed by atoms with Crippen LogP contribution in [0.15, 0.2) is 18.2 Å². The normalized spacial score (nSPS) is 13.9. The maximum Gasteiger partial charge on any atom is 0.335 e. The quantitative estimate of drug-likeness (QED) is 0.782. The molecule has 0 aliphatic carbocycles. The zero-order valence-electron chi connectivity index (χ0n) is 12.2. The first kappa shape index (κ1) is 15.5. The van der Waals surface area contributed by atoms with E-state index in [4.69, 9.17) is 5.73 Å². The number of aromatic carboxylic acids is 1. The van der Waals surface area contributed by atoms with Crippen LogP contribution in [0.2, 0.25) is 0 Å². The average Bonchev–Trinajstić information content (AvgIpc) is 2.50. The average molecular weight is 290 g/mol. The van der Waals surface area contributed by atoms with Crippen LogP contribution in [0.5, 0.6) is 0 Å². The summed E-state index contributed by atoms with van der Waals surface area (Å²) in [5.74, 6) is -0.744. The highest BCUT2D eigenvalue weighted by Gasteiger charge is 2.23. The number of nitrogens with two attached hydrogens (primary N) is 1. The van der Waals surface area contributed by atoms with E-state index < -0.39 is 5.97 Å². The minimum absolute atomic E-state index is 0.151. The SMILES string of the molecule is NCCCCCC(=O)N1CCc2c(cccc2C(=O)O)C1. The van der Waals surface area contributed by atoms with Crippen LogP contribution < -0.4 is 5.73 Å². The number of carboxylic acid groups (broad SMARTS) is 1. The lowest BCUT2D eigenvalue weighted by molar-refractivity contribution is -0.132. The van der Waals surface area contributed by atoms with E-state index in [-0.39, 0.29) is 5.91 Å². The van der Waals surface area contributed by atoms with Crippen molar-refractivity contribution in [1.29, 1.82) is 0 Å². The Bertz CT molecular complexity index is 528. The summed E-state index contributed by atoms with van der Waals surface area (Å²) in [6, 6.07) is 5.29. The van der Waals surface area contributed by atoms with Gasteiger partial charge >= 0.3 is 5.97 Å². The molecule has 5 heteroatoms. The minimum Gasteiger partial charge on any atom is -0.478 e. The number of benzene rings is 1. The van der Waals surface area contributed by atoms with Gasteiger partial charge in [-0.05, 0) is 43.0 Å². The van der Waals surface area contributed by atoms with Gasteiger partial charge in [-0.2, -0.15) is 0 Å². The Labute approximate surface area is 124 Å². The molecule has 0 aromatic heterocycles. The number of carbonyl (C=O) groups excluding carboxylic acids is 1. The molecule has 0 unspecified atom stereocenters. The Kier molecular flexibility index (Phi) is 5.33. The summed E-state index contributed by atoms with van der Waals surface area (Å²) in [5, 5.41) is 9.19. The predicted molar refractivity (Wildman–Crippen MR) is 80.0 cm³/mol. The molecule has 0 bridgehead atoms. The first-order chi connectivity index (χ1) is 10.1. The summed E-state index contributed by atoms with van der Waals surface area (Å²) in [6.07, 6.45) is 3.97. The molecule has 1 aliphatic heterocycles. The first-order valence-corrected chi connectivity index (χ1v) is 7.45. The van der Waals surface area contributed by atoms with Crippen molar-refractivity contribution in [3.63, 3.8) is 0 Å². The number of carboxylic acids is 1. The van der Waals surface area contributed by atoms with E-state index in [0.29, 0.717) is 38.0 Å². The largest absolute Gasteiger partial charge is 0.478 e. The van der Waals surface area contributed by atoms with Crippen molar-refractivity contribution in [2.45, 2.75) is 38.6 Å². The van der Waals surface area contributed by atoms with Crippen molar-refractivity contribution >= 4 is 11.9 Å². The van der Waals surface area contributed by atoms with Crippen LogP contribution in [-0.4, -0.2) is 35.0 Å². The van der Waals surface area contributed by atoms with Gasteiger partial charge in [-0.15, -0.1) is 0 Å². The predicted octanol–water partition coefficient (Wildman–Crippen LogP) is 1.79. The molecule has 5 nitrogen and oxygen atoms in total. The number of unbranched alkanes of at least 4 members (excludes halogenated alkanes) is 2. The van der Waals surface area contributed by atoms with Gasteiger partial charge in [0.05, 0.1) is 5.56 Å². The van der Waals surface area contributed by atoms with Gasteiger partial charge in [-0.25, -0.2) is 4.79 Å². The van der Waals surface area contributed by atoms with E-state index in [1.54, 1.807) is 12.1 Å². The topological polar surface area (TPSA) is 83.6 Å². The molecule has 1 aromatic rings. The fourth-order valence-corrected chi connectivity index (χ4v) is 2.78. The number of nitrogens with zero attached hydrogens (tertiary/aromatic N) is 1. The van der Waals surface area contributed by atoms with E-state index in [9.17, 15) is 14.7 Å². The number of carbonyl (C=O) groups is 2. The maximum atomic E-state index is 12.2. The number of amides is 1. The zero-order valence-corrected chi connectivity index (χ0v) is 12.2. The Morgan fingerprint density at radius 3 is 2.76 bits per heavy atom. The molecule has 2 rings (SSSR count). The third-order valence-corrected chi connectivity index (χ3v) is 3.94. The molecule has 21 heavy (non-hydrogen) atoms. The van der Waals surface area contributed by atoms with Gasteiger partial charge in [-0.3, -0.25) is 4.79 Å². The standard InChI is InChI=1S/C16H22N2O3/c17-9-3-1-2-7-15(19)18-10-8-13-12(11-18)5-4-6-14(13)16(20)21/h4-6H,1-3,7-11,17H2,(H,20,21). The second-order valence-electron chi connectivity index (χ2n) is 5.41. The second-order valence-corrected chi connectivity index (χ2v) is 5.41. The third kappa shape index (κ3) is 3.82. The number of fused-ring (bicyclic) bond motifs is 1. The number of hydrogen-bond donors (Lipinski definition) is 2. The van der Waals surface area contributed by atoms with E-state index in [0.717, 1.165) is 30.4 Å². The van der Waals surface area contributed by atoms with Gasteiger partial charge in [0.25, 0.3) is 0 Å². The minimum atomic E-state index is -0.895. The molecule has 1 amide bonds. The van der Waals surface area contributed by atoms with Gasteiger partial charge < -0.3 is 15.7 Å². The van der Waals surface area contributed by atoms with Crippen LogP contribution in [-0.2, 0) is 17.8 Å². The molecular weight excluding hydrogens is 268 g/mol. The highest BCUT2D eigenvalue weighted by molar-refractivity contribution is 5.90. The van der Waals surface area contributed by atoms with Crippen molar-refractivity contribution in [3.8, 4) is 0 Å². The van der Waals surface area contributed by atoms with Crippen LogP contribution in [0.4, 0.5) is 0 Å². The molecule has 114 valence electrons. The molecule has 0 fully saturated rings. The smallest absolute Gasteiger partial charge is 0.335 e. The molecule has 0 radical (unpaired) electrons. The summed E-state index contributed by atoms with van der Waals surface area (Å²) in [7, 11) is 0. The molecule has 3 N–H and O–H groups in total. The maximum absolute atomic E-state index is 12.2. The van der Waals surface area contributed by atoms with Gasteiger partial charge in [0.1, 0.15) is 0 Å². The van der Waals surface area contributed by atoms with Gasteiger partial charge in [0, 0.05) is 19.5 Å². The van der Waals surface area contributed by atoms with E-state index in [2.05, 4.69) is 0 Å². The van der Waals surface area contributed by atoms with Crippen molar-refractivity contribution < 1.29 is 14.7 Å². The highest BCUT2D eigenvalue weighted by Crippen LogP contribution is 2.23. The monoisotopic (exact) mass is 290 g/mol. The van der Waals surface area contributed by atoms with E-state index >= 15 is 0 Å². The second kappa shape index (κ2) is 7.22. The molecule has 1 heterocycles. The van der Waals surface area contributed by atoms with E-state index in [1.165, 1.54) is 0 Å². The molecule has 1 aliphatic rings. The van der Waals surface area contributed by atoms with Crippen LogP contribution in [0.1, 0.15) is 47.2 Å². The third-order valence-electron chi connectivity index (χ3n) is 3.94. The summed E-state index contributed by atoms with van der Waals surface area (Å²) >= 11 is 0. The fourth-order valence-electron chi connectivity index (χ4n) is 2.78. The Hall–Kier alpha value is -1.88. The van der Waals surface area contributed by atoms with Gasteiger partial charge in [0.2, 0.25) is 5.91 Å². The molecule has 0 atom stereocenters. The lowest BCUT2D eigenvalue weighted by atomic mass is 9.94. The fraction of sp³-hybridized carbons (Fsp3) is 0.500. The summed E-state index contributed by atoms with van der Waals surface area (Å²) in [5.41, 5.74) is 7.63.